The van der Waals surface area contributed by atoms with Gasteiger partial charge in [0.15, 0.2) is 13.1 Å². The van der Waals surface area contributed by atoms with Gasteiger partial charge < -0.3 is 15.5 Å². The fourth-order valence-electron chi connectivity index (χ4n) is 2.40. The van der Waals surface area contributed by atoms with Crippen molar-refractivity contribution in [2.24, 2.45) is 0 Å². The van der Waals surface area contributed by atoms with Crippen molar-refractivity contribution in [3.05, 3.63) is 28.8 Å². The second-order valence-corrected chi connectivity index (χ2v) is 5.76. The fourth-order valence-corrected chi connectivity index (χ4v) is 2.40. The number of imide groups is 1. The zero-order valence-corrected chi connectivity index (χ0v) is 14.3. The fraction of sp³-hybridized carbons (Fsp3) is 0.438. The third-order valence-electron chi connectivity index (χ3n) is 3.35. The van der Waals surface area contributed by atoms with Crippen molar-refractivity contribution < 1.29 is 19.3 Å². The summed E-state index contributed by atoms with van der Waals surface area (Å²) in [4.78, 5) is 35.4. The lowest BCUT2D eigenvalue weighted by atomic mass is 10.1. The van der Waals surface area contributed by atoms with Gasteiger partial charge in [0.1, 0.15) is 0 Å². The number of hydrogen-bond donors (Lipinski definition) is 4. The number of anilines is 1. The maximum Gasteiger partial charge on any atom is 0.321 e. The van der Waals surface area contributed by atoms with Crippen LogP contribution in [0.4, 0.5) is 10.5 Å². The molecule has 0 saturated heterocycles. The van der Waals surface area contributed by atoms with Crippen LogP contribution in [0.25, 0.3) is 0 Å². The van der Waals surface area contributed by atoms with Gasteiger partial charge >= 0.3 is 6.03 Å². The second kappa shape index (κ2) is 8.28. The molecule has 126 valence electrons. The minimum atomic E-state index is -0.557. The highest BCUT2D eigenvalue weighted by Gasteiger charge is 2.16. The molecule has 1 unspecified atom stereocenters. The Labute approximate surface area is 136 Å². The number of benzene rings is 1. The van der Waals surface area contributed by atoms with Crippen molar-refractivity contribution in [2.75, 3.05) is 32.5 Å². The van der Waals surface area contributed by atoms with E-state index in [-0.39, 0.29) is 19.0 Å². The van der Waals surface area contributed by atoms with Crippen LogP contribution < -0.4 is 20.9 Å². The summed E-state index contributed by atoms with van der Waals surface area (Å²) < 4.78 is 0. The highest BCUT2D eigenvalue weighted by atomic mass is 16.2. The van der Waals surface area contributed by atoms with E-state index in [0.29, 0.717) is 4.90 Å². The molecular formula is C16H25N4O3+. The molecular weight excluding hydrogens is 296 g/mol. The Morgan fingerprint density at radius 3 is 2.04 bits per heavy atom. The summed E-state index contributed by atoms with van der Waals surface area (Å²) in [6, 6.07) is 3.46. The SMILES string of the molecule is CNC(=O)NC(=O)C[NH+](C)CC(=O)Nc1c(C)cc(C)cc1C. The molecule has 1 aromatic rings. The molecule has 0 bridgehead atoms. The van der Waals surface area contributed by atoms with Crippen molar-refractivity contribution in [3.8, 4) is 0 Å². The van der Waals surface area contributed by atoms with E-state index >= 15 is 0 Å². The number of amides is 4. The average molecular weight is 321 g/mol. The summed E-state index contributed by atoms with van der Waals surface area (Å²) in [5, 5.41) is 7.36. The van der Waals surface area contributed by atoms with E-state index in [2.05, 4.69) is 16.0 Å². The van der Waals surface area contributed by atoms with Crippen LogP contribution in [-0.2, 0) is 9.59 Å². The first-order chi connectivity index (χ1) is 10.7. The first kappa shape index (κ1) is 18.6. The van der Waals surface area contributed by atoms with Gasteiger partial charge in [-0.3, -0.25) is 14.9 Å². The average Bonchev–Trinajstić information content (AvgIpc) is 2.42. The Morgan fingerprint density at radius 1 is 1.00 bits per heavy atom. The van der Waals surface area contributed by atoms with Gasteiger partial charge in [-0.25, -0.2) is 4.79 Å². The Bertz CT molecular complexity index is 590. The third-order valence-corrected chi connectivity index (χ3v) is 3.35. The lowest BCUT2D eigenvalue weighted by molar-refractivity contribution is -0.862. The van der Waals surface area contributed by atoms with E-state index in [9.17, 15) is 14.4 Å². The van der Waals surface area contributed by atoms with Crippen molar-refractivity contribution in [2.45, 2.75) is 20.8 Å². The third kappa shape index (κ3) is 6.07. The number of nitrogens with one attached hydrogen (secondary N) is 4. The van der Waals surface area contributed by atoms with Gasteiger partial charge in [0.25, 0.3) is 11.8 Å². The first-order valence-corrected chi connectivity index (χ1v) is 7.43. The molecule has 1 aromatic carbocycles. The van der Waals surface area contributed by atoms with E-state index in [1.54, 1.807) is 7.05 Å². The molecule has 0 aliphatic rings. The number of quaternary nitrogens is 1. The summed E-state index contributed by atoms with van der Waals surface area (Å²) >= 11 is 0. The zero-order valence-electron chi connectivity index (χ0n) is 14.3. The minimum absolute atomic E-state index is 0.0344. The number of carbonyl (C=O) groups excluding carboxylic acids is 3. The molecule has 23 heavy (non-hydrogen) atoms. The molecule has 0 fully saturated rings. The molecule has 0 aromatic heterocycles. The Balaban J connectivity index is 2.57. The number of aryl methyl sites for hydroxylation is 3. The van der Waals surface area contributed by atoms with Gasteiger partial charge in [-0.15, -0.1) is 0 Å². The minimum Gasteiger partial charge on any atom is -0.341 e. The highest BCUT2D eigenvalue weighted by molar-refractivity contribution is 5.95. The van der Waals surface area contributed by atoms with Gasteiger partial charge in [0.2, 0.25) is 0 Å². The van der Waals surface area contributed by atoms with Crippen LogP contribution >= 0.6 is 0 Å². The summed E-state index contributed by atoms with van der Waals surface area (Å²) in [5.74, 6) is -0.609. The van der Waals surface area contributed by atoms with Crippen molar-refractivity contribution in [1.82, 2.24) is 10.6 Å². The van der Waals surface area contributed by atoms with Crippen LogP contribution in [0.3, 0.4) is 0 Å². The highest BCUT2D eigenvalue weighted by Crippen LogP contribution is 2.21. The molecule has 0 saturated carbocycles. The summed E-state index contributed by atoms with van der Waals surface area (Å²) in [7, 11) is 3.15. The number of likely N-dealkylation sites (N-methyl/N-ethyl adjacent to an activating group) is 1. The second-order valence-electron chi connectivity index (χ2n) is 5.76. The van der Waals surface area contributed by atoms with Gasteiger partial charge in [-0.05, 0) is 31.9 Å². The number of urea groups is 1. The quantitative estimate of drug-likeness (QED) is 0.590. The van der Waals surface area contributed by atoms with Gasteiger partial charge in [0, 0.05) is 12.7 Å². The molecule has 7 heteroatoms. The van der Waals surface area contributed by atoms with Crippen molar-refractivity contribution in [1.29, 1.82) is 0 Å². The first-order valence-electron chi connectivity index (χ1n) is 7.43. The van der Waals surface area contributed by atoms with E-state index < -0.39 is 11.9 Å². The van der Waals surface area contributed by atoms with E-state index in [1.165, 1.54) is 7.05 Å². The number of hydrogen-bond acceptors (Lipinski definition) is 3. The zero-order chi connectivity index (χ0) is 17.6. The normalized spacial score (nSPS) is 11.5. The van der Waals surface area contributed by atoms with Crippen LogP contribution in [0.1, 0.15) is 16.7 Å². The number of rotatable bonds is 5. The maximum absolute atomic E-state index is 12.1. The lowest BCUT2D eigenvalue weighted by Gasteiger charge is -2.16. The van der Waals surface area contributed by atoms with Crippen LogP contribution in [0, 0.1) is 20.8 Å². The topological polar surface area (TPSA) is 91.7 Å². The van der Waals surface area contributed by atoms with E-state index in [4.69, 9.17) is 0 Å². The largest absolute Gasteiger partial charge is 0.341 e. The molecule has 1 atom stereocenters. The van der Waals surface area contributed by atoms with E-state index in [1.807, 2.05) is 32.9 Å². The molecule has 0 aliphatic heterocycles. The van der Waals surface area contributed by atoms with Crippen LogP contribution in [-0.4, -0.2) is 45.0 Å². The Hall–Kier alpha value is -2.41. The van der Waals surface area contributed by atoms with Crippen LogP contribution in [0.2, 0.25) is 0 Å². The Morgan fingerprint density at radius 2 is 1.52 bits per heavy atom. The molecule has 0 radical (unpaired) electrons. The summed E-state index contributed by atoms with van der Waals surface area (Å²) in [6.45, 7) is 6.07. The predicted octanol–water partition coefficient (Wildman–Crippen LogP) is -0.479. The monoisotopic (exact) mass is 321 g/mol. The van der Waals surface area contributed by atoms with Crippen LogP contribution in [0.5, 0.6) is 0 Å². The van der Waals surface area contributed by atoms with Crippen LogP contribution in [0.15, 0.2) is 12.1 Å². The molecule has 0 aliphatic carbocycles. The van der Waals surface area contributed by atoms with Gasteiger partial charge in [0.05, 0.1) is 7.05 Å². The van der Waals surface area contributed by atoms with Gasteiger partial charge in [-0.2, -0.15) is 0 Å². The molecule has 1 rings (SSSR count). The van der Waals surface area contributed by atoms with Crippen molar-refractivity contribution in [3.63, 3.8) is 0 Å². The maximum atomic E-state index is 12.1. The summed E-state index contributed by atoms with van der Waals surface area (Å²) in [5.41, 5.74) is 3.96. The molecule has 4 N–H and O–H groups in total. The standard InChI is InChI=1S/C16H24N4O3/c1-10-6-11(2)15(12(3)7-10)18-13(21)8-20(5)9-14(22)19-16(23)17-4/h6-7H,8-9H2,1-5H3,(H,18,21)(H2,17,19,22,23)/p+1. The molecule has 0 heterocycles. The smallest absolute Gasteiger partial charge is 0.321 e. The van der Waals surface area contributed by atoms with E-state index in [0.717, 1.165) is 22.4 Å². The van der Waals surface area contributed by atoms with Crippen molar-refractivity contribution >= 4 is 23.5 Å². The predicted molar refractivity (Wildman–Crippen MR) is 88.5 cm³/mol. The molecule has 7 nitrogen and oxygen atoms in total. The van der Waals surface area contributed by atoms with Gasteiger partial charge in [-0.1, -0.05) is 17.7 Å². The summed E-state index contributed by atoms with van der Waals surface area (Å²) in [6.07, 6.45) is 0. The molecule has 0 spiro atoms. The number of carbonyl (C=O) groups is 3. The lowest BCUT2D eigenvalue weighted by Crippen LogP contribution is -3.11. The molecule has 4 amide bonds. The Kier molecular flexibility index (Phi) is 6.71.